The van der Waals surface area contributed by atoms with Crippen LogP contribution < -0.4 is 10.3 Å². The van der Waals surface area contributed by atoms with Gasteiger partial charge >= 0.3 is 5.56 Å². The number of aldehydes is 1. The Morgan fingerprint density at radius 2 is 1.95 bits per heavy atom. The van der Waals surface area contributed by atoms with Crippen molar-refractivity contribution in [1.82, 2.24) is 9.38 Å². The lowest BCUT2D eigenvalue weighted by Crippen LogP contribution is -2.20. The van der Waals surface area contributed by atoms with Crippen molar-refractivity contribution in [2.24, 2.45) is 0 Å². The van der Waals surface area contributed by atoms with E-state index in [4.69, 9.17) is 4.74 Å². The molecule has 2 heterocycles. The van der Waals surface area contributed by atoms with Gasteiger partial charge in [0, 0.05) is 6.20 Å². The van der Waals surface area contributed by atoms with Gasteiger partial charge in [0.15, 0.2) is 12.0 Å². The van der Waals surface area contributed by atoms with Crippen LogP contribution in [0.15, 0.2) is 53.5 Å². The van der Waals surface area contributed by atoms with Crippen LogP contribution in [0.5, 0.6) is 5.75 Å². The van der Waals surface area contributed by atoms with Crippen LogP contribution in [0, 0.1) is 6.92 Å². The number of rotatable bonds is 4. The topological polar surface area (TPSA) is 60.7 Å². The molecule has 0 aliphatic carbocycles. The molecule has 0 fully saturated rings. The Labute approximate surface area is 126 Å². The average Bonchev–Trinajstić information content (AvgIpc) is 2.55. The predicted molar refractivity (Wildman–Crippen MR) is 82.4 cm³/mol. The van der Waals surface area contributed by atoms with Crippen LogP contribution in [0.3, 0.4) is 0 Å². The van der Waals surface area contributed by atoms with E-state index >= 15 is 0 Å². The van der Waals surface area contributed by atoms with Crippen molar-refractivity contribution in [3.8, 4) is 5.75 Å². The van der Waals surface area contributed by atoms with Gasteiger partial charge in [-0.15, -0.1) is 0 Å². The molecule has 0 atom stereocenters. The van der Waals surface area contributed by atoms with Crippen molar-refractivity contribution in [2.45, 2.75) is 13.5 Å². The van der Waals surface area contributed by atoms with Crippen molar-refractivity contribution >= 4 is 11.9 Å². The maximum atomic E-state index is 12.5. The van der Waals surface area contributed by atoms with E-state index in [0.29, 0.717) is 11.9 Å². The van der Waals surface area contributed by atoms with Gasteiger partial charge in [0.05, 0.1) is 0 Å². The Balaban J connectivity index is 2.05. The summed E-state index contributed by atoms with van der Waals surface area (Å²) in [5, 5.41) is 0. The zero-order chi connectivity index (χ0) is 15.5. The smallest absolute Gasteiger partial charge is 0.301 e. The highest BCUT2D eigenvalue weighted by Crippen LogP contribution is 2.13. The minimum Gasteiger partial charge on any atom is -0.481 e. The third-order valence-electron chi connectivity index (χ3n) is 3.29. The van der Waals surface area contributed by atoms with Gasteiger partial charge in [-0.2, -0.15) is 0 Å². The van der Waals surface area contributed by atoms with Crippen molar-refractivity contribution in [3.05, 3.63) is 75.8 Å². The van der Waals surface area contributed by atoms with Crippen LogP contribution in [-0.2, 0) is 6.61 Å². The maximum Gasteiger partial charge on any atom is 0.301 e. The summed E-state index contributed by atoms with van der Waals surface area (Å²) in [5.41, 5.74) is 1.89. The molecule has 110 valence electrons. The molecule has 5 heteroatoms. The summed E-state index contributed by atoms with van der Waals surface area (Å²) in [6, 6.07) is 13.0. The number of pyridine rings is 1. The normalized spacial score (nSPS) is 10.6. The van der Waals surface area contributed by atoms with Crippen molar-refractivity contribution in [1.29, 1.82) is 0 Å². The van der Waals surface area contributed by atoms with E-state index in [0.717, 1.165) is 11.1 Å². The molecule has 0 aliphatic rings. The Hall–Kier alpha value is -2.95. The average molecular weight is 294 g/mol. The summed E-state index contributed by atoms with van der Waals surface area (Å²) in [6.07, 6.45) is 2.22. The van der Waals surface area contributed by atoms with E-state index in [1.807, 2.05) is 43.3 Å². The second kappa shape index (κ2) is 5.81. The van der Waals surface area contributed by atoms with E-state index < -0.39 is 0 Å². The van der Waals surface area contributed by atoms with Crippen LogP contribution in [0.2, 0.25) is 0 Å². The number of aromatic nitrogens is 2. The van der Waals surface area contributed by atoms with Gasteiger partial charge in [-0.1, -0.05) is 36.4 Å². The molecule has 0 unspecified atom stereocenters. The summed E-state index contributed by atoms with van der Waals surface area (Å²) in [5.74, 6) is -0.0260. The fourth-order valence-electron chi connectivity index (χ4n) is 2.19. The molecule has 0 saturated heterocycles. The van der Waals surface area contributed by atoms with Gasteiger partial charge in [0.2, 0.25) is 5.75 Å². The van der Waals surface area contributed by atoms with Gasteiger partial charge in [-0.05, 0) is 24.1 Å². The third kappa shape index (κ3) is 2.61. The molecule has 3 aromatic rings. The first-order valence-corrected chi connectivity index (χ1v) is 6.84. The van der Waals surface area contributed by atoms with E-state index in [1.165, 1.54) is 4.40 Å². The minimum absolute atomic E-state index is 0.0183. The second-order valence-corrected chi connectivity index (χ2v) is 4.96. The molecular weight excluding hydrogens is 280 g/mol. The molecule has 2 aromatic heterocycles. The van der Waals surface area contributed by atoms with E-state index in [2.05, 4.69) is 4.98 Å². The van der Waals surface area contributed by atoms with Gasteiger partial charge in [-0.25, -0.2) is 4.98 Å². The Bertz CT molecular complexity index is 886. The number of carbonyl (C=O) groups is 1. The lowest BCUT2D eigenvalue weighted by atomic mass is 10.2. The second-order valence-electron chi connectivity index (χ2n) is 4.96. The monoisotopic (exact) mass is 294 g/mol. The first-order chi connectivity index (χ1) is 10.7. The maximum absolute atomic E-state index is 12.5. The van der Waals surface area contributed by atoms with E-state index in [-0.39, 0.29) is 23.6 Å². The fourth-order valence-corrected chi connectivity index (χ4v) is 2.19. The summed E-state index contributed by atoms with van der Waals surface area (Å²) in [7, 11) is 0. The quantitative estimate of drug-likeness (QED) is 0.693. The van der Waals surface area contributed by atoms with Crippen LogP contribution in [0.4, 0.5) is 0 Å². The number of ether oxygens (including phenoxy) is 1. The first kappa shape index (κ1) is 14.0. The number of fused-ring (bicyclic) bond motifs is 1. The van der Waals surface area contributed by atoms with E-state index in [9.17, 15) is 9.59 Å². The van der Waals surface area contributed by atoms with Gasteiger partial charge < -0.3 is 4.74 Å². The third-order valence-corrected chi connectivity index (χ3v) is 3.29. The molecule has 5 nitrogen and oxygen atoms in total. The SMILES string of the molecule is Cc1ccc2nc(C=O)c(OCc3ccccc3)c(=O)n2c1. The number of hydrogen-bond donors (Lipinski definition) is 0. The Morgan fingerprint density at radius 3 is 2.68 bits per heavy atom. The van der Waals surface area contributed by atoms with E-state index in [1.54, 1.807) is 12.3 Å². The van der Waals surface area contributed by atoms with Crippen molar-refractivity contribution in [2.75, 3.05) is 0 Å². The minimum atomic E-state index is -0.383. The van der Waals surface area contributed by atoms with Crippen LogP contribution in [0.25, 0.3) is 5.65 Å². The van der Waals surface area contributed by atoms with Crippen molar-refractivity contribution < 1.29 is 9.53 Å². The van der Waals surface area contributed by atoms with Crippen LogP contribution >= 0.6 is 0 Å². The largest absolute Gasteiger partial charge is 0.481 e. The highest BCUT2D eigenvalue weighted by molar-refractivity contribution is 5.77. The highest BCUT2D eigenvalue weighted by Gasteiger charge is 2.14. The summed E-state index contributed by atoms with van der Waals surface area (Å²) in [4.78, 5) is 27.9. The van der Waals surface area contributed by atoms with Gasteiger partial charge in [0.25, 0.3) is 0 Å². The number of hydrogen-bond acceptors (Lipinski definition) is 4. The molecule has 0 radical (unpaired) electrons. The molecule has 0 bridgehead atoms. The highest BCUT2D eigenvalue weighted by atomic mass is 16.5. The molecule has 1 aromatic carbocycles. The lowest BCUT2D eigenvalue weighted by Gasteiger charge is -2.09. The Kier molecular flexibility index (Phi) is 3.70. The molecule has 0 aliphatic heterocycles. The lowest BCUT2D eigenvalue weighted by molar-refractivity contribution is 0.111. The van der Waals surface area contributed by atoms with Crippen LogP contribution in [0.1, 0.15) is 21.6 Å². The molecule has 0 spiro atoms. The van der Waals surface area contributed by atoms with Gasteiger partial charge in [0.1, 0.15) is 12.3 Å². The number of nitrogens with zero attached hydrogens (tertiary/aromatic N) is 2. The first-order valence-electron chi connectivity index (χ1n) is 6.84. The molecule has 0 amide bonds. The predicted octanol–water partition coefficient (Wildman–Crippen LogP) is 2.39. The molecule has 22 heavy (non-hydrogen) atoms. The Morgan fingerprint density at radius 1 is 1.18 bits per heavy atom. The molecule has 0 N–H and O–H groups in total. The summed E-state index contributed by atoms with van der Waals surface area (Å²) >= 11 is 0. The standard InChI is InChI=1S/C17H14N2O3/c1-12-7-8-15-18-14(10-20)16(17(21)19(15)9-12)22-11-13-5-3-2-4-6-13/h2-10H,11H2,1H3. The number of carbonyl (C=O) groups excluding carboxylic acids is 1. The molecule has 0 saturated carbocycles. The number of aryl methyl sites for hydroxylation is 1. The summed E-state index contributed by atoms with van der Waals surface area (Å²) in [6.45, 7) is 2.08. The number of benzene rings is 1. The van der Waals surface area contributed by atoms with Crippen LogP contribution in [-0.4, -0.2) is 15.7 Å². The zero-order valence-corrected chi connectivity index (χ0v) is 12.0. The fraction of sp³-hybridized carbons (Fsp3) is 0.118. The molecular formula is C17H14N2O3. The zero-order valence-electron chi connectivity index (χ0n) is 12.0. The molecule has 3 rings (SSSR count). The van der Waals surface area contributed by atoms with Gasteiger partial charge in [-0.3, -0.25) is 14.0 Å². The summed E-state index contributed by atoms with van der Waals surface area (Å²) < 4.78 is 6.96. The van der Waals surface area contributed by atoms with Crippen molar-refractivity contribution in [3.63, 3.8) is 0 Å².